The van der Waals surface area contributed by atoms with Gasteiger partial charge in [0.15, 0.2) is 0 Å². The van der Waals surface area contributed by atoms with Crippen LogP contribution in [0.2, 0.25) is 0 Å². The molecule has 0 aromatic carbocycles. The first-order valence-electron chi connectivity index (χ1n) is 3.98. The maximum absolute atomic E-state index is 8.89. The summed E-state index contributed by atoms with van der Waals surface area (Å²) in [5.41, 5.74) is 0. The monoisotopic (exact) mass is 176 g/mol. The molecule has 0 unspecified atom stereocenters. The van der Waals surface area contributed by atoms with Gasteiger partial charge >= 0.3 is 0 Å². The van der Waals surface area contributed by atoms with Crippen LogP contribution in [0.5, 0.6) is 0 Å². The Bertz CT molecular complexity index is 105. The lowest BCUT2D eigenvalue weighted by Gasteiger charge is -1.90. The molecule has 1 saturated heterocycles. The van der Waals surface area contributed by atoms with E-state index in [1.165, 1.54) is 30.1 Å². The van der Waals surface area contributed by atoms with E-state index in [0.717, 1.165) is 17.8 Å². The number of rotatable bonds is 1. The van der Waals surface area contributed by atoms with Crippen LogP contribution in [0, 0.1) is 0 Å². The molecule has 0 bridgehead atoms. The van der Waals surface area contributed by atoms with Gasteiger partial charge in [0.05, 0.1) is 0 Å². The van der Waals surface area contributed by atoms with E-state index in [2.05, 4.69) is 6.92 Å². The van der Waals surface area contributed by atoms with Gasteiger partial charge in [0.25, 0.3) is 0 Å². The van der Waals surface area contributed by atoms with Crippen molar-refractivity contribution in [3.63, 3.8) is 0 Å². The largest absolute Gasteiger partial charge is 0.550 e. The second kappa shape index (κ2) is 6.53. The first kappa shape index (κ1) is 10.8. The van der Waals surface area contributed by atoms with Gasteiger partial charge in [0, 0.05) is 5.97 Å². The highest BCUT2D eigenvalue weighted by molar-refractivity contribution is 7.97. The predicted octanol–water partition coefficient (Wildman–Crippen LogP) is 0.175. The predicted molar refractivity (Wildman–Crippen MR) is 47.6 cm³/mol. The lowest BCUT2D eigenvalue weighted by atomic mass is 10.4. The zero-order chi connectivity index (χ0) is 8.69. The number of hydrogen-bond donors (Lipinski definition) is 0. The summed E-state index contributed by atoms with van der Waals surface area (Å²) in [4.78, 5) is 8.89. The minimum atomic E-state index is -1.08. The van der Waals surface area contributed by atoms with Crippen LogP contribution in [0.15, 0.2) is 0 Å². The van der Waals surface area contributed by atoms with Crippen LogP contribution in [0.3, 0.4) is 0 Å². The van der Waals surface area contributed by atoms with Crippen LogP contribution in [0.4, 0.5) is 0 Å². The SMILES string of the molecule is CC(=O)[O-].CC[S+]1CCCC1. The van der Waals surface area contributed by atoms with Crippen molar-refractivity contribution < 1.29 is 9.90 Å². The fraction of sp³-hybridized carbons (Fsp3) is 0.875. The summed E-state index contributed by atoms with van der Waals surface area (Å²) < 4.78 is 0. The van der Waals surface area contributed by atoms with Crippen LogP contribution in [-0.2, 0) is 15.7 Å². The molecular weight excluding hydrogens is 160 g/mol. The van der Waals surface area contributed by atoms with Crippen LogP contribution < -0.4 is 5.11 Å². The first-order chi connectivity index (χ1) is 5.16. The third-order valence-electron chi connectivity index (χ3n) is 1.52. The smallest absolute Gasteiger partial charge is 0.108 e. The van der Waals surface area contributed by atoms with Crippen LogP contribution >= 0.6 is 0 Å². The van der Waals surface area contributed by atoms with E-state index in [1.807, 2.05) is 0 Å². The van der Waals surface area contributed by atoms with E-state index < -0.39 is 5.97 Å². The topological polar surface area (TPSA) is 40.1 Å². The zero-order valence-corrected chi connectivity index (χ0v) is 8.08. The van der Waals surface area contributed by atoms with Crippen LogP contribution in [-0.4, -0.2) is 23.2 Å². The van der Waals surface area contributed by atoms with E-state index in [9.17, 15) is 0 Å². The second-order valence-electron chi connectivity index (χ2n) is 2.51. The maximum Gasteiger partial charge on any atom is 0.108 e. The molecule has 3 heteroatoms. The number of carboxylic acids is 1. The van der Waals surface area contributed by atoms with Gasteiger partial charge in [-0.25, -0.2) is 0 Å². The van der Waals surface area contributed by atoms with Gasteiger partial charge in [-0.2, -0.15) is 0 Å². The molecule has 0 atom stereocenters. The molecule has 66 valence electrons. The van der Waals surface area contributed by atoms with E-state index >= 15 is 0 Å². The minimum Gasteiger partial charge on any atom is -0.550 e. The van der Waals surface area contributed by atoms with Crippen LogP contribution in [0.25, 0.3) is 0 Å². The number of aliphatic carboxylic acids is 1. The Labute approximate surface area is 71.3 Å². The highest BCUT2D eigenvalue weighted by Crippen LogP contribution is 2.11. The van der Waals surface area contributed by atoms with Gasteiger partial charge < -0.3 is 9.90 Å². The summed E-state index contributed by atoms with van der Waals surface area (Å²) >= 11 is 0. The molecular formula is C8H16O2S. The molecule has 0 spiro atoms. The summed E-state index contributed by atoms with van der Waals surface area (Å²) in [5, 5.41) is 8.89. The van der Waals surface area contributed by atoms with Gasteiger partial charge in [-0.3, -0.25) is 0 Å². The third-order valence-corrected chi connectivity index (χ3v) is 4.07. The normalized spacial score (nSPS) is 17.3. The Kier molecular flexibility index (Phi) is 6.42. The van der Waals surface area contributed by atoms with Crippen molar-refractivity contribution in [2.24, 2.45) is 0 Å². The molecule has 1 heterocycles. The number of carbonyl (C=O) groups excluding carboxylic acids is 1. The van der Waals surface area contributed by atoms with Crippen molar-refractivity contribution >= 4 is 16.9 Å². The third kappa shape index (κ3) is 7.72. The van der Waals surface area contributed by atoms with Crippen molar-refractivity contribution in [1.29, 1.82) is 0 Å². The molecule has 0 aromatic rings. The van der Waals surface area contributed by atoms with E-state index in [0.29, 0.717) is 0 Å². The zero-order valence-electron chi connectivity index (χ0n) is 7.26. The molecule has 0 N–H and O–H groups in total. The fourth-order valence-electron chi connectivity index (χ4n) is 1.00. The molecule has 1 fully saturated rings. The molecule has 0 aliphatic carbocycles. The molecule has 0 amide bonds. The van der Waals surface area contributed by atoms with Crippen molar-refractivity contribution in [2.45, 2.75) is 26.7 Å². The van der Waals surface area contributed by atoms with Crippen molar-refractivity contribution in [1.82, 2.24) is 0 Å². The highest BCUT2D eigenvalue weighted by atomic mass is 32.2. The van der Waals surface area contributed by atoms with Gasteiger partial charge in [-0.1, -0.05) is 0 Å². The van der Waals surface area contributed by atoms with Crippen LogP contribution in [0.1, 0.15) is 26.7 Å². The quantitative estimate of drug-likeness (QED) is 0.534. The molecule has 1 aliphatic heterocycles. The van der Waals surface area contributed by atoms with Gasteiger partial charge in [0.1, 0.15) is 17.3 Å². The highest BCUT2D eigenvalue weighted by Gasteiger charge is 2.20. The van der Waals surface area contributed by atoms with E-state index in [4.69, 9.17) is 9.90 Å². The molecule has 2 nitrogen and oxygen atoms in total. The average Bonchev–Trinajstić information content (AvgIpc) is 2.36. The Morgan fingerprint density at radius 1 is 1.45 bits per heavy atom. The number of hydrogen-bond acceptors (Lipinski definition) is 2. The number of carboxylic acid groups (broad SMARTS) is 1. The van der Waals surface area contributed by atoms with Gasteiger partial charge in [-0.05, 0) is 37.6 Å². The van der Waals surface area contributed by atoms with Crippen molar-refractivity contribution in [3.8, 4) is 0 Å². The summed E-state index contributed by atoms with van der Waals surface area (Å²) in [6.45, 7) is 3.29. The maximum atomic E-state index is 8.89. The minimum absolute atomic E-state index is 0.866. The summed E-state index contributed by atoms with van der Waals surface area (Å²) in [6, 6.07) is 0. The second-order valence-corrected chi connectivity index (χ2v) is 5.13. The van der Waals surface area contributed by atoms with E-state index in [1.54, 1.807) is 0 Å². The Hall–Kier alpha value is -0.180. The average molecular weight is 176 g/mol. The standard InChI is InChI=1S/C6H13S.C2H4O2/c1-2-7-5-3-4-6-7;1-2(3)4/h2-6H2,1H3;1H3,(H,3,4)/q+1;/p-1. The Balaban J connectivity index is 0.000000218. The lowest BCUT2D eigenvalue weighted by Crippen LogP contribution is -2.16. The molecule has 0 aromatic heterocycles. The molecule has 11 heavy (non-hydrogen) atoms. The summed E-state index contributed by atoms with van der Waals surface area (Å²) in [7, 11) is 0.866. The summed E-state index contributed by atoms with van der Waals surface area (Å²) in [5.74, 6) is 3.44. The fourth-order valence-corrected chi connectivity index (χ4v) is 3.01. The van der Waals surface area contributed by atoms with E-state index in [-0.39, 0.29) is 0 Å². The summed E-state index contributed by atoms with van der Waals surface area (Å²) in [6.07, 6.45) is 3.02. The molecule has 1 aliphatic rings. The lowest BCUT2D eigenvalue weighted by molar-refractivity contribution is -0.302. The van der Waals surface area contributed by atoms with Crippen molar-refractivity contribution in [3.05, 3.63) is 0 Å². The first-order valence-corrected chi connectivity index (χ1v) is 5.71. The molecule has 0 radical (unpaired) electrons. The van der Waals surface area contributed by atoms with Gasteiger partial charge in [0.2, 0.25) is 0 Å². The Morgan fingerprint density at radius 2 is 1.82 bits per heavy atom. The van der Waals surface area contributed by atoms with Gasteiger partial charge in [-0.15, -0.1) is 0 Å². The molecule has 0 saturated carbocycles. The molecule has 1 rings (SSSR count). The Morgan fingerprint density at radius 3 is 2.00 bits per heavy atom. The number of carbonyl (C=O) groups is 1. The van der Waals surface area contributed by atoms with Crippen molar-refractivity contribution in [2.75, 3.05) is 17.3 Å².